The Morgan fingerprint density at radius 1 is 0.727 bits per heavy atom. The quantitative estimate of drug-likeness (QED) is 0.606. The smallest absolute Gasteiger partial charge is 0.105 e. The molecule has 11 heavy (non-hydrogen) atoms. The van der Waals surface area contributed by atoms with Gasteiger partial charge in [0.1, 0.15) is 15.7 Å². The monoisotopic (exact) mass is 177 g/mol. The van der Waals surface area contributed by atoms with Gasteiger partial charge >= 0.3 is 0 Å². The molecule has 1 nitrogen and oxygen atoms in total. The van der Waals surface area contributed by atoms with Gasteiger partial charge in [-0.3, -0.25) is 0 Å². The number of hydrogen-bond donors (Lipinski definition) is 0. The van der Waals surface area contributed by atoms with Crippen molar-refractivity contribution in [1.29, 1.82) is 0 Å². The fourth-order valence-corrected chi connectivity index (χ4v) is 4.90. The summed E-state index contributed by atoms with van der Waals surface area (Å²) in [5.74, 6) is 0. The molecule has 68 valence electrons. The molecule has 0 spiro atoms. The second kappa shape index (κ2) is 3.70. The van der Waals surface area contributed by atoms with Crippen LogP contribution >= 0.6 is 0 Å². The van der Waals surface area contributed by atoms with Gasteiger partial charge in [0.15, 0.2) is 0 Å². The van der Waals surface area contributed by atoms with Gasteiger partial charge in [0.2, 0.25) is 0 Å². The molecular formula is C9H21OS+. The molecule has 0 amide bonds. The SMILES string of the molecule is CC(C)[S+](=O)(C(C)C)C(C)C. The lowest BCUT2D eigenvalue weighted by Crippen LogP contribution is -2.38. The van der Waals surface area contributed by atoms with Crippen molar-refractivity contribution in [2.45, 2.75) is 57.3 Å². The minimum absolute atomic E-state index is 0.308. The predicted molar refractivity (Wildman–Crippen MR) is 53.5 cm³/mol. The Labute approximate surface area is 72.0 Å². The molecule has 0 fully saturated rings. The Hall–Kier alpha value is 0.150. The van der Waals surface area contributed by atoms with Gasteiger partial charge in [0, 0.05) is 0 Å². The Bertz CT molecular complexity index is 130. The van der Waals surface area contributed by atoms with E-state index in [1.165, 1.54) is 0 Å². The molecule has 0 heterocycles. The summed E-state index contributed by atoms with van der Waals surface area (Å²) in [6.07, 6.45) is 0. The summed E-state index contributed by atoms with van der Waals surface area (Å²) in [4.78, 5) is 0. The first-order chi connectivity index (χ1) is 4.83. The van der Waals surface area contributed by atoms with Crippen molar-refractivity contribution >= 4 is 9.93 Å². The third-order valence-electron chi connectivity index (χ3n) is 2.21. The van der Waals surface area contributed by atoms with E-state index in [9.17, 15) is 4.21 Å². The largest absolute Gasteiger partial charge is 0.117 e. The van der Waals surface area contributed by atoms with Crippen molar-refractivity contribution in [1.82, 2.24) is 0 Å². The first kappa shape index (κ1) is 11.2. The van der Waals surface area contributed by atoms with E-state index in [-0.39, 0.29) is 0 Å². The maximum absolute atomic E-state index is 12.3. The maximum atomic E-state index is 12.3. The Balaban J connectivity index is 4.69. The van der Waals surface area contributed by atoms with Gasteiger partial charge in [-0.15, -0.1) is 4.21 Å². The fourth-order valence-electron chi connectivity index (χ4n) is 1.63. The molecule has 0 aliphatic rings. The van der Waals surface area contributed by atoms with Crippen molar-refractivity contribution in [3.63, 3.8) is 0 Å². The van der Waals surface area contributed by atoms with Gasteiger partial charge in [0.25, 0.3) is 0 Å². The lowest BCUT2D eigenvalue weighted by atomic mass is 10.5. The minimum Gasteiger partial charge on any atom is -0.105 e. The van der Waals surface area contributed by atoms with Crippen molar-refractivity contribution < 1.29 is 4.21 Å². The topological polar surface area (TPSA) is 17.1 Å². The van der Waals surface area contributed by atoms with Crippen LogP contribution in [0.25, 0.3) is 0 Å². The van der Waals surface area contributed by atoms with Crippen LogP contribution in [0.15, 0.2) is 0 Å². The molecule has 0 unspecified atom stereocenters. The van der Waals surface area contributed by atoms with Crippen LogP contribution in [0.5, 0.6) is 0 Å². The van der Waals surface area contributed by atoms with Crippen LogP contribution in [0.1, 0.15) is 41.5 Å². The van der Waals surface area contributed by atoms with Crippen LogP contribution < -0.4 is 0 Å². The van der Waals surface area contributed by atoms with Crippen LogP contribution in [0, 0.1) is 0 Å². The molecule has 0 saturated heterocycles. The summed E-state index contributed by atoms with van der Waals surface area (Å²) >= 11 is 0. The van der Waals surface area contributed by atoms with Crippen LogP contribution in [-0.4, -0.2) is 15.7 Å². The zero-order valence-electron chi connectivity index (χ0n) is 8.55. The molecule has 0 aromatic carbocycles. The standard InChI is InChI=1S/C9H21OS/c1-7(2)11(10,8(3)4)9(5)6/h7-9H,1-6H3/q+1. The van der Waals surface area contributed by atoms with Crippen molar-refractivity contribution in [3.8, 4) is 0 Å². The highest BCUT2D eigenvalue weighted by atomic mass is 32.2. The summed E-state index contributed by atoms with van der Waals surface area (Å²) in [6, 6.07) is 0. The molecule has 0 saturated carbocycles. The summed E-state index contributed by atoms with van der Waals surface area (Å²) < 4.78 is 12.3. The van der Waals surface area contributed by atoms with Crippen LogP contribution in [0.4, 0.5) is 0 Å². The van der Waals surface area contributed by atoms with Gasteiger partial charge in [-0.2, -0.15) is 0 Å². The zero-order valence-corrected chi connectivity index (χ0v) is 9.37. The molecule has 0 aromatic rings. The third-order valence-corrected chi connectivity index (χ3v) is 6.63. The van der Waals surface area contributed by atoms with Gasteiger partial charge in [-0.25, -0.2) is 0 Å². The molecule has 0 aliphatic carbocycles. The van der Waals surface area contributed by atoms with Crippen LogP contribution in [0.3, 0.4) is 0 Å². The molecule has 0 aliphatic heterocycles. The molecule has 0 bridgehead atoms. The molecule has 2 heteroatoms. The summed E-state index contributed by atoms with van der Waals surface area (Å²) in [7, 11) is -1.64. The van der Waals surface area contributed by atoms with E-state index in [1.807, 2.05) is 0 Å². The lowest BCUT2D eigenvalue weighted by molar-refractivity contribution is 0.566. The Kier molecular flexibility index (Phi) is 3.75. The molecule has 0 atom stereocenters. The highest BCUT2D eigenvalue weighted by Gasteiger charge is 2.39. The number of rotatable bonds is 3. The van der Waals surface area contributed by atoms with Crippen molar-refractivity contribution in [2.24, 2.45) is 0 Å². The molecule has 0 rings (SSSR count). The van der Waals surface area contributed by atoms with E-state index < -0.39 is 9.93 Å². The van der Waals surface area contributed by atoms with Crippen LogP contribution in [0.2, 0.25) is 0 Å². The molecule has 0 N–H and O–H groups in total. The Morgan fingerprint density at radius 3 is 0.909 bits per heavy atom. The number of hydrogen-bond acceptors (Lipinski definition) is 1. The normalized spacial score (nSPS) is 13.5. The van der Waals surface area contributed by atoms with E-state index in [0.29, 0.717) is 15.7 Å². The third kappa shape index (κ3) is 2.05. The molecular weight excluding hydrogens is 156 g/mol. The Morgan fingerprint density at radius 2 is 0.909 bits per heavy atom. The minimum atomic E-state index is -1.64. The second-order valence-electron chi connectivity index (χ2n) is 3.84. The molecule has 0 aromatic heterocycles. The lowest BCUT2D eigenvalue weighted by Gasteiger charge is -2.23. The maximum Gasteiger partial charge on any atom is 0.117 e. The fraction of sp³-hybridized carbons (Fsp3) is 1.00. The van der Waals surface area contributed by atoms with E-state index in [1.54, 1.807) is 0 Å². The summed E-state index contributed by atoms with van der Waals surface area (Å²) in [6.45, 7) is 12.3. The highest BCUT2D eigenvalue weighted by molar-refractivity contribution is 8.04. The second-order valence-corrected chi connectivity index (χ2v) is 8.07. The predicted octanol–water partition coefficient (Wildman–Crippen LogP) is 2.71. The molecule has 0 radical (unpaired) electrons. The van der Waals surface area contributed by atoms with E-state index in [4.69, 9.17) is 0 Å². The van der Waals surface area contributed by atoms with Crippen LogP contribution in [-0.2, 0) is 14.1 Å². The van der Waals surface area contributed by atoms with E-state index in [0.717, 1.165) is 0 Å². The summed E-state index contributed by atoms with van der Waals surface area (Å²) in [5.41, 5.74) is 0. The average Bonchev–Trinajstić information content (AvgIpc) is 1.84. The average molecular weight is 177 g/mol. The van der Waals surface area contributed by atoms with Gasteiger partial charge in [-0.05, 0) is 41.5 Å². The first-order valence-electron chi connectivity index (χ1n) is 4.34. The van der Waals surface area contributed by atoms with Gasteiger partial charge in [-0.1, -0.05) is 0 Å². The van der Waals surface area contributed by atoms with Gasteiger partial charge in [0.05, 0.1) is 9.93 Å². The van der Waals surface area contributed by atoms with Gasteiger partial charge < -0.3 is 0 Å². The van der Waals surface area contributed by atoms with Crippen molar-refractivity contribution in [3.05, 3.63) is 0 Å². The summed E-state index contributed by atoms with van der Waals surface area (Å²) in [5, 5.41) is 0.924. The first-order valence-corrected chi connectivity index (χ1v) is 6.09. The van der Waals surface area contributed by atoms with E-state index in [2.05, 4.69) is 41.5 Å². The highest BCUT2D eigenvalue weighted by Crippen LogP contribution is 2.24. The van der Waals surface area contributed by atoms with Crippen molar-refractivity contribution in [2.75, 3.05) is 0 Å². The van der Waals surface area contributed by atoms with E-state index >= 15 is 0 Å². The zero-order chi connectivity index (χ0) is 9.23.